The van der Waals surface area contributed by atoms with E-state index in [1.165, 1.54) is 22.4 Å². The first-order valence-corrected chi connectivity index (χ1v) is 7.28. The first kappa shape index (κ1) is 13.1. The molecular formula is C17H18N2S. The molecule has 0 spiro atoms. The van der Waals surface area contributed by atoms with Gasteiger partial charge in [0.1, 0.15) is 4.99 Å². The number of nitrogens with zero attached hydrogens (tertiary/aromatic N) is 1. The molecule has 3 rings (SSSR count). The summed E-state index contributed by atoms with van der Waals surface area (Å²) in [5.41, 5.74) is 12.0. The minimum atomic E-state index is 0.464. The van der Waals surface area contributed by atoms with Crippen molar-refractivity contribution >= 4 is 22.9 Å². The van der Waals surface area contributed by atoms with E-state index in [1.807, 2.05) is 6.07 Å². The number of fused-ring (bicyclic) bond motifs is 1. The topological polar surface area (TPSA) is 29.3 Å². The van der Waals surface area contributed by atoms with E-state index in [0.717, 1.165) is 25.1 Å². The number of anilines is 1. The van der Waals surface area contributed by atoms with Gasteiger partial charge in [0.2, 0.25) is 0 Å². The molecule has 0 amide bonds. The molecule has 0 saturated heterocycles. The number of rotatable bonds is 3. The Morgan fingerprint density at radius 3 is 2.80 bits per heavy atom. The van der Waals surface area contributed by atoms with Crippen molar-refractivity contribution in [1.82, 2.24) is 0 Å². The lowest BCUT2D eigenvalue weighted by molar-refractivity contribution is 0.831. The standard InChI is InChI=1S/C17H18N2S/c1-12-10-14(17(18)20)6-7-15(12)11-19-9-8-13-4-2-3-5-16(13)19/h2-7,10H,8-9,11H2,1H3,(H2,18,20). The van der Waals surface area contributed by atoms with Crippen molar-refractivity contribution in [3.05, 3.63) is 64.7 Å². The number of aryl methyl sites for hydroxylation is 1. The van der Waals surface area contributed by atoms with Crippen molar-refractivity contribution in [3.8, 4) is 0 Å². The summed E-state index contributed by atoms with van der Waals surface area (Å²) in [5.74, 6) is 0. The molecule has 20 heavy (non-hydrogen) atoms. The van der Waals surface area contributed by atoms with E-state index < -0.39 is 0 Å². The van der Waals surface area contributed by atoms with Crippen molar-refractivity contribution in [1.29, 1.82) is 0 Å². The van der Waals surface area contributed by atoms with Crippen LogP contribution in [0.2, 0.25) is 0 Å². The van der Waals surface area contributed by atoms with Crippen molar-refractivity contribution in [2.45, 2.75) is 19.9 Å². The summed E-state index contributed by atoms with van der Waals surface area (Å²) in [6, 6.07) is 14.9. The lowest BCUT2D eigenvalue weighted by Crippen LogP contribution is -2.20. The molecule has 0 radical (unpaired) electrons. The molecule has 2 aromatic rings. The Balaban J connectivity index is 1.84. The van der Waals surface area contributed by atoms with E-state index in [0.29, 0.717) is 4.99 Å². The molecule has 2 nitrogen and oxygen atoms in total. The van der Waals surface area contributed by atoms with Crippen LogP contribution < -0.4 is 10.6 Å². The number of hydrogen-bond donors (Lipinski definition) is 1. The minimum absolute atomic E-state index is 0.464. The molecule has 2 N–H and O–H groups in total. The second-order valence-electron chi connectivity index (χ2n) is 5.31. The Hall–Kier alpha value is -1.87. The third-order valence-electron chi connectivity index (χ3n) is 3.97. The van der Waals surface area contributed by atoms with Crippen LogP contribution >= 0.6 is 12.2 Å². The van der Waals surface area contributed by atoms with Gasteiger partial charge < -0.3 is 10.6 Å². The molecule has 3 heteroatoms. The molecule has 0 aliphatic carbocycles. The van der Waals surface area contributed by atoms with Gasteiger partial charge in [0.05, 0.1) is 0 Å². The molecule has 0 unspecified atom stereocenters. The quantitative estimate of drug-likeness (QED) is 0.877. The summed E-state index contributed by atoms with van der Waals surface area (Å²) >= 11 is 5.03. The van der Waals surface area contributed by atoms with Gasteiger partial charge in [-0.1, -0.05) is 42.5 Å². The normalized spacial score (nSPS) is 13.3. The smallest absolute Gasteiger partial charge is 0.103 e. The molecule has 1 aliphatic rings. The summed E-state index contributed by atoms with van der Waals surface area (Å²) < 4.78 is 0. The maximum Gasteiger partial charge on any atom is 0.103 e. The first-order chi connectivity index (χ1) is 9.65. The molecule has 0 fully saturated rings. The zero-order chi connectivity index (χ0) is 14.1. The van der Waals surface area contributed by atoms with Gasteiger partial charge in [-0.25, -0.2) is 0 Å². The fourth-order valence-electron chi connectivity index (χ4n) is 2.80. The largest absolute Gasteiger partial charge is 0.389 e. The average molecular weight is 282 g/mol. The third kappa shape index (κ3) is 2.41. The molecule has 0 saturated carbocycles. The van der Waals surface area contributed by atoms with Crippen LogP contribution in [0.3, 0.4) is 0 Å². The van der Waals surface area contributed by atoms with Gasteiger partial charge in [-0.05, 0) is 42.2 Å². The molecule has 1 aliphatic heterocycles. The van der Waals surface area contributed by atoms with Crippen LogP contribution in [-0.2, 0) is 13.0 Å². The van der Waals surface area contributed by atoms with E-state index in [1.54, 1.807) is 0 Å². The van der Waals surface area contributed by atoms with E-state index in [4.69, 9.17) is 18.0 Å². The van der Waals surface area contributed by atoms with Crippen LogP contribution in [0.1, 0.15) is 22.3 Å². The number of hydrogen-bond acceptors (Lipinski definition) is 2. The summed E-state index contributed by atoms with van der Waals surface area (Å²) in [5, 5.41) is 0. The van der Waals surface area contributed by atoms with Gasteiger partial charge in [-0.15, -0.1) is 0 Å². The maximum atomic E-state index is 5.68. The average Bonchev–Trinajstić information content (AvgIpc) is 2.84. The molecule has 2 aromatic carbocycles. The van der Waals surface area contributed by atoms with E-state index in [9.17, 15) is 0 Å². The predicted octanol–water partition coefficient (Wildman–Crippen LogP) is 3.19. The number of benzene rings is 2. The number of thiocarbonyl (C=S) groups is 1. The summed E-state index contributed by atoms with van der Waals surface area (Å²) in [4.78, 5) is 2.91. The molecule has 0 atom stereocenters. The van der Waals surface area contributed by atoms with E-state index in [2.05, 4.69) is 48.2 Å². The molecule has 0 aromatic heterocycles. The van der Waals surface area contributed by atoms with Gasteiger partial charge in [0.25, 0.3) is 0 Å². The molecule has 0 bridgehead atoms. The Labute approximate surface area is 125 Å². The SMILES string of the molecule is Cc1cc(C(N)=S)ccc1CN1CCc2ccccc21. The summed E-state index contributed by atoms with van der Waals surface area (Å²) in [6.07, 6.45) is 1.14. The van der Waals surface area contributed by atoms with Crippen LogP contribution in [0, 0.1) is 6.92 Å². The monoisotopic (exact) mass is 282 g/mol. The minimum Gasteiger partial charge on any atom is -0.389 e. The Morgan fingerprint density at radius 1 is 1.25 bits per heavy atom. The van der Waals surface area contributed by atoms with E-state index >= 15 is 0 Å². The van der Waals surface area contributed by atoms with Crippen molar-refractivity contribution in [2.75, 3.05) is 11.4 Å². The van der Waals surface area contributed by atoms with Gasteiger partial charge in [-0.2, -0.15) is 0 Å². The predicted molar refractivity (Wildman–Crippen MR) is 88.3 cm³/mol. The van der Waals surface area contributed by atoms with Crippen LogP contribution in [0.15, 0.2) is 42.5 Å². The van der Waals surface area contributed by atoms with Crippen molar-refractivity contribution < 1.29 is 0 Å². The Morgan fingerprint density at radius 2 is 2.05 bits per heavy atom. The third-order valence-corrected chi connectivity index (χ3v) is 4.21. The zero-order valence-corrected chi connectivity index (χ0v) is 12.4. The number of nitrogens with two attached hydrogens (primary N) is 1. The zero-order valence-electron chi connectivity index (χ0n) is 11.6. The first-order valence-electron chi connectivity index (χ1n) is 6.87. The lowest BCUT2D eigenvalue weighted by atomic mass is 10.0. The highest BCUT2D eigenvalue weighted by atomic mass is 32.1. The highest BCUT2D eigenvalue weighted by Crippen LogP contribution is 2.29. The van der Waals surface area contributed by atoms with Gasteiger partial charge in [-0.3, -0.25) is 0 Å². The van der Waals surface area contributed by atoms with E-state index in [-0.39, 0.29) is 0 Å². The molecule has 102 valence electrons. The van der Waals surface area contributed by atoms with Crippen LogP contribution in [-0.4, -0.2) is 11.5 Å². The fraction of sp³-hybridized carbons (Fsp3) is 0.235. The fourth-order valence-corrected chi connectivity index (χ4v) is 2.93. The molecular weight excluding hydrogens is 264 g/mol. The van der Waals surface area contributed by atoms with Crippen LogP contribution in [0.25, 0.3) is 0 Å². The highest BCUT2D eigenvalue weighted by Gasteiger charge is 2.18. The second-order valence-corrected chi connectivity index (χ2v) is 5.75. The maximum absolute atomic E-state index is 5.68. The van der Waals surface area contributed by atoms with Crippen LogP contribution in [0.5, 0.6) is 0 Å². The number of para-hydroxylation sites is 1. The lowest BCUT2D eigenvalue weighted by Gasteiger charge is -2.21. The second kappa shape index (κ2) is 5.25. The van der Waals surface area contributed by atoms with Crippen molar-refractivity contribution in [3.63, 3.8) is 0 Å². The summed E-state index contributed by atoms with van der Waals surface area (Å²) in [6.45, 7) is 4.16. The summed E-state index contributed by atoms with van der Waals surface area (Å²) in [7, 11) is 0. The highest BCUT2D eigenvalue weighted by molar-refractivity contribution is 7.80. The van der Waals surface area contributed by atoms with Crippen LogP contribution in [0.4, 0.5) is 5.69 Å². The van der Waals surface area contributed by atoms with Gasteiger partial charge >= 0.3 is 0 Å². The Kier molecular flexibility index (Phi) is 3.45. The molecule has 1 heterocycles. The van der Waals surface area contributed by atoms with Gasteiger partial charge in [0.15, 0.2) is 0 Å². The van der Waals surface area contributed by atoms with Gasteiger partial charge in [0, 0.05) is 24.3 Å². The van der Waals surface area contributed by atoms with Crippen molar-refractivity contribution in [2.24, 2.45) is 5.73 Å². The Bertz CT molecular complexity index is 664.